The first kappa shape index (κ1) is 9.47. The molecule has 0 atom stereocenters. The molecule has 13 heavy (non-hydrogen) atoms. The molecular formula is C11H21NO. The van der Waals surface area contributed by atoms with Gasteiger partial charge in [0.15, 0.2) is 0 Å². The van der Waals surface area contributed by atoms with Gasteiger partial charge in [0.1, 0.15) is 0 Å². The van der Waals surface area contributed by atoms with Crippen LogP contribution in [0.1, 0.15) is 51.4 Å². The van der Waals surface area contributed by atoms with Crippen LogP contribution >= 0.6 is 0 Å². The number of rotatable bonds is 3. The van der Waals surface area contributed by atoms with Crippen LogP contribution in [0.15, 0.2) is 0 Å². The quantitative estimate of drug-likeness (QED) is 0.728. The number of hydrogen-bond acceptors (Lipinski definition) is 2. The monoisotopic (exact) mass is 183 g/mol. The molecule has 0 aromatic carbocycles. The molecule has 0 radical (unpaired) electrons. The maximum atomic E-state index is 6.14. The van der Waals surface area contributed by atoms with Crippen LogP contribution in [0.5, 0.6) is 0 Å². The van der Waals surface area contributed by atoms with Crippen LogP contribution in [0, 0.1) is 0 Å². The van der Waals surface area contributed by atoms with Crippen LogP contribution in [0.3, 0.4) is 0 Å². The van der Waals surface area contributed by atoms with E-state index in [9.17, 15) is 0 Å². The molecule has 2 rings (SSSR count). The standard InChI is InChI=1S/C11H21NO/c12-9-11(7-2-1-3-8-11)13-10-5-4-6-10/h10H,1-9,12H2. The molecule has 0 aromatic rings. The Bertz CT molecular complexity index is 159. The van der Waals surface area contributed by atoms with Crippen molar-refractivity contribution in [3.63, 3.8) is 0 Å². The summed E-state index contributed by atoms with van der Waals surface area (Å²) in [4.78, 5) is 0. The van der Waals surface area contributed by atoms with Gasteiger partial charge in [0.05, 0.1) is 11.7 Å². The lowest BCUT2D eigenvalue weighted by Crippen LogP contribution is -2.46. The Balaban J connectivity index is 1.88. The lowest BCUT2D eigenvalue weighted by atomic mass is 9.83. The second-order valence-corrected chi connectivity index (χ2v) is 4.62. The van der Waals surface area contributed by atoms with Crippen molar-refractivity contribution in [2.24, 2.45) is 5.73 Å². The van der Waals surface area contributed by atoms with Crippen molar-refractivity contribution in [1.29, 1.82) is 0 Å². The first-order chi connectivity index (χ1) is 6.35. The summed E-state index contributed by atoms with van der Waals surface area (Å²) in [5.74, 6) is 0. The van der Waals surface area contributed by atoms with Crippen molar-refractivity contribution < 1.29 is 4.74 Å². The Labute approximate surface area is 80.8 Å². The molecule has 0 bridgehead atoms. The average Bonchev–Trinajstić information content (AvgIpc) is 2.13. The largest absolute Gasteiger partial charge is 0.370 e. The molecule has 0 amide bonds. The Morgan fingerprint density at radius 2 is 1.77 bits per heavy atom. The van der Waals surface area contributed by atoms with E-state index in [1.807, 2.05) is 0 Å². The highest BCUT2D eigenvalue weighted by Gasteiger charge is 2.35. The summed E-state index contributed by atoms with van der Waals surface area (Å²) >= 11 is 0. The summed E-state index contributed by atoms with van der Waals surface area (Å²) in [5, 5.41) is 0. The number of hydrogen-bond donors (Lipinski definition) is 1. The van der Waals surface area contributed by atoms with E-state index < -0.39 is 0 Å². The average molecular weight is 183 g/mol. The number of nitrogens with two attached hydrogens (primary N) is 1. The zero-order valence-corrected chi connectivity index (χ0v) is 8.43. The maximum Gasteiger partial charge on any atom is 0.0807 e. The Morgan fingerprint density at radius 3 is 2.23 bits per heavy atom. The molecule has 0 aliphatic heterocycles. The highest BCUT2D eigenvalue weighted by molar-refractivity contribution is 4.88. The van der Waals surface area contributed by atoms with Gasteiger partial charge in [-0.3, -0.25) is 0 Å². The minimum Gasteiger partial charge on any atom is -0.370 e. The van der Waals surface area contributed by atoms with Gasteiger partial charge in [-0.1, -0.05) is 19.3 Å². The van der Waals surface area contributed by atoms with Crippen molar-refractivity contribution in [2.75, 3.05) is 6.54 Å². The first-order valence-electron chi connectivity index (χ1n) is 5.73. The van der Waals surface area contributed by atoms with Gasteiger partial charge in [-0.15, -0.1) is 0 Å². The van der Waals surface area contributed by atoms with Crippen LogP contribution in [-0.4, -0.2) is 18.2 Å². The van der Waals surface area contributed by atoms with Crippen molar-refractivity contribution >= 4 is 0 Å². The zero-order chi connectivity index (χ0) is 9.15. The fraction of sp³-hybridized carbons (Fsp3) is 1.00. The molecule has 2 fully saturated rings. The molecule has 0 unspecified atom stereocenters. The maximum absolute atomic E-state index is 6.14. The van der Waals surface area contributed by atoms with Crippen LogP contribution in [0.25, 0.3) is 0 Å². The van der Waals surface area contributed by atoms with Gasteiger partial charge in [0.25, 0.3) is 0 Å². The van der Waals surface area contributed by atoms with Gasteiger partial charge in [-0.25, -0.2) is 0 Å². The molecule has 0 saturated heterocycles. The van der Waals surface area contributed by atoms with Crippen LogP contribution < -0.4 is 5.73 Å². The van der Waals surface area contributed by atoms with Gasteiger partial charge >= 0.3 is 0 Å². The minimum atomic E-state index is 0.0728. The zero-order valence-electron chi connectivity index (χ0n) is 8.43. The van der Waals surface area contributed by atoms with Gasteiger partial charge in [0, 0.05) is 6.54 Å². The van der Waals surface area contributed by atoms with E-state index in [0.29, 0.717) is 6.10 Å². The minimum absolute atomic E-state index is 0.0728. The Morgan fingerprint density at radius 1 is 1.08 bits per heavy atom. The fourth-order valence-electron chi connectivity index (χ4n) is 2.41. The van der Waals surface area contributed by atoms with Gasteiger partial charge in [-0.2, -0.15) is 0 Å². The lowest BCUT2D eigenvalue weighted by Gasteiger charge is -2.41. The summed E-state index contributed by atoms with van der Waals surface area (Å²) < 4.78 is 6.14. The third kappa shape index (κ3) is 2.05. The molecule has 0 spiro atoms. The Hall–Kier alpha value is -0.0800. The topological polar surface area (TPSA) is 35.2 Å². The van der Waals surface area contributed by atoms with Gasteiger partial charge < -0.3 is 10.5 Å². The molecular weight excluding hydrogens is 162 g/mol. The molecule has 2 saturated carbocycles. The molecule has 0 aromatic heterocycles. The van der Waals surface area contributed by atoms with Crippen molar-refractivity contribution in [3.05, 3.63) is 0 Å². The summed E-state index contributed by atoms with van der Waals surface area (Å²) in [5.41, 5.74) is 5.91. The van der Waals surface area contributed by atoms with E-state index in [4.69, 9.17) is 10.5 Å². The molecule has 2 aliphatic rings. The molecule has 2 heteroatoms. The first-order valence-corrected chi connectivity index (χ1v) is 5.73. The lowest BCUT2D eigenvalue weighted by molar-refractivity contribution is -0.132. The second kappa shape index (κ2) is 3.97. The molecule has 76 valence electrons. The predicted molar refractivity (Wildman–Crippen MR) is 53.6 cm³/mol. The van der Waals surface area contributed by atoms with E-state index in [0.717, 1.165) is 6.54 Å². The number of ether oxygens (including phenoxy) is 1. The fourth-order valence-corrected chi connectivity index (χ4v) is 2.41. The van der Waals surface area contributed by atoms with Crippen LogP contribution in [-0.2, 0) is 4.74 Å². The van der Waals surface area contributed by atoms with E-state index >= 15 is 0 Å². The Kier molecular flexibility index (Phi) is 2.89. The molecule has 2 nitrogen and oxygen atoms in total. The SMILES string of the molecule is NCC1(OC2CCC2)CCCCC1. The van der Waals surface area contributed by atoms with Gasteiger partial charge in [0.2, 0.25) is 0 Å². The summed E-state index contributed by atoms with van der Waals surface area (Å²) in [6, 6.07) is 0. The van der Waals surface area contributed by atoms with E-state index in [1.54, 1.807) is 0 Å². The third-order valence-electron chi connectivity index (χ3n) is 3.61. The van der Waals surface area contributed by atoms with Crippen LogP contribution in [0.4, 0.5) is 0 Å². The molecule has 2 N–H and O–H groups in total. The van der Waals surface area contributed by atoms with Crippen molar-refractivity contribution in [3.8, 4) is 0 Å². The normalized spacial score (nSPS) is 28.4. The van der Waals surface area contributed by atoms with Gasteiger partial charge in [-0.05, 0) is 32.1 Å². The summed E-state index contributed by atoms with van der Waals surface area (Å²) in [6.45, 7) is 0.726. The van der Waals surface area contributed by atoms with E-state index in [2.05, 4.69) is 0 Å². The van der Waals surface area contributed by atoms with E-state index in [-0.39, 0.29) is 5.60 Å². The molecule has 0 heterocycles. The highest BCUT2D eigenvalue weighted by atomic mass is 16.5. The molecule has 2 aliphatic carbocycles. The summed E-state index contributed by atoms with van der Waals surface area (Å²) in [6.07, 6.45) is 10.8. The van der Waals surface area contributed by atoms with Crippen molar-refractivity contribution in [2.45, 2.75) is 63.1 Å². The predicted octanol–water partition coefficient (Wildman–Crippen LogP) is 2.22. The third-order valence-corrected chi connectivity index (χ3v) is 3.61. The highest BCUT2D eigenvalue weighted by Crippen LogP contribution is 2.35. The smallest absolute Gasteiger partial charge is 0.0807 e. The van der Waals surface area contributed by atoms with E-state index in [1.165, 1.54) is 51.4 Å². The van der Waals surface area contributed by atoms with Crippen LogP contribution in [0.2, 0.25) is 0 Å². The summed E-state index contributed by atoms with van der Waals surface area (Å²) in [7, 11) is 0. The second-order valence-electron chi connectivity index (χ2n) is 4.62. The van der Waals surface area contributed by atoms with Crippen molar-refractivity contribution in [1.82, 2.24) is 0 Å².